The molecule has 0 spiro atoms. The van der Waals surface area contributed by atoms with Gasteiger partial charge in [-0.05, 0) is 24.5 Å². The third kappa shape index (κ3) is 4.39. The molecule has 0 saturated heterocycles. The lowest BCUT2D eigenvalue weighted by molar-refractivity contribution is -0.384. The van der Waals surface area contributed by atoms with E-state index in [4.69, 9.17) is 11.6 Å². The molecule has 7 heteroatoms. The standard InChI is InChI=1S/C19H20ClN3O3/c20-16-12-15(23(25)26)10-11-17(16)22-19(24)18(13-6-2-1-3-7-13)21-14-8-4-5-9-14/h1-3,6-7,10-12,14,18,21H,4-5,8-9H2,(H,22,24)/t18-/m1/s1. The van der Waals surface area contributed by atoms with E-state index in [1.807, 2.05) is 30.3 Å². The van der Waals surface area contributed by atoms with Crippen molar-refractivity contribution in [1.82, 2.24) is 5.32 Å². The average molecular weight is 374 g/mol. The highest BCUT2D eigenvalue weighted by molar-refractivity contribution is 6.34. The van der Waals surface area contributed by atoms with Crippen LogP contribution in [-0.4, -0.2) is 16.9 Å². The first kappa shape index (κ1) is 18.4. The summed E-state index contributed by atoms with van der Waals surface area (Å²) in [5, 5.41) is 17.2. The number of nitro groups is 1. The fraction of sp³-hybridized carbons (Fsp3) is 0.316. The molecule has 0 unspecified atom stereocenters. The molecule has 136 valence electrons. The summed E-state index contributed by atoms with van der Waals surface area (Å²) in [5.74, 6) is -0.237. The van der Waals surface area contributed by atoms with Gasteiger partial charge in [0, 0.05) is 18.2 Å². The number of amides is 1. The Balaban J connectivity index is 1.80. The van der Waals surface area contributed by atoms with E-state index in [2.05, 4.69) is 10.6 Å². The van der Waals surface area contributed by atoms with Crippen LogP contribution in [0.1, 0.15) is 37.3 Å². The van der Waals surface area contributed by atoms with Crippen molar-refractivity contribution >= 4 is 28.9 Å². The highest BCUT2D eigenvalue weighted by Gasteiger charge is 2.26. The smallest absolute Gasteiger partial charge is 0.271 e. The minimum atomic E-state index is -0.522. The number of hydrogen-bond donors (Lipinski definition) is 2. The highest BCUT2D eigenvalue weighted by atomic mass is 35.5. The quantitative estimate of drug-likeness (QED) is 0.578. The molecule has 2 N–H and O–H groups in total. The van der Waals surface area contributed by atoms with E-state index >= 15 is 0 Å². The van der Waals surface area contributed by atoms with E-state index in [1.54, 1.807) is 0 Å². The van der Waals surface area contributed by atoms with Gasteiger partial charge < -0.3 is 5.32 Å². The molecule has 0 heterocycles. The highest BCUT2D eigenvalue weighted by Crippen LogP contribution is 2.28. The molecule has 2 aromatic carbocycles. The van der Waals surface area contributed by atoms with Crippen LogP contribution in [0, 0.1) is 10.1 Å². The van der Waals surface area contributed by atoms with Crippen molar-refractivity contribution in [1.29, 1.82) is 0 Å². The number of nitrogens with zero attached hydrogens (tertiary/aromatic N) is 1. The molecule has 1 fully saturated rings. The third-order valence-electron chi connectivity index (χ3n) is 4.57. The van der Waals surface area contributed by atoms with Crippen LogP contribution in [0.2, 0.25) is 5.02 Å². The van der Waals surface area contributed by atoms with Crippen molar-refractivity contribution in [2.75, 3.05) is 5.32 Å². The van der Waals surface area contributed by atoms with E-state index in [-0.39, 0.29) is 16.6 Å². The monoisotopic (exact) mass is 373 g/mol. The molecule has 2 aromatic rings. The van der Waals surface area contributed by atoms with Crippen molar-refractivity contribution in [2.24, 2.45) is 0 Å². The van der Waals surface area contributed by atoms with Crippen molar-refractivity contribution in [3.05, 3.63) is 69.2 Å². The Hall–Kier alpha value is -2.44. The van der Waals surface area contributed by atoms with Gasteiger partial charge in [0.25, 0.3) is 5.69 Å². The molecule has 0 aromatic heterocycles. The second-order valence-electron chi connectivity index (χ2n) is 6.40. The molecule has 0 bridgehead atoms. The van der Waals surface area contributed by atoms with E-state index in [0.717, 1.165) is 31.2 Å². The van der Waals surface area contributed by atoms with Gasteiger partial charge in [0.1, 0.15) is 6.04 Å². The lowest BCUT2D eigenvalue weighted by Crippen LogP contribution is -2.38. The van der Waals surface area contributed by atoms with E-state index in [9.17, 15) is 14.9 Å². The number of nitro benzene ring substituents is 1. The second kappa shape index (κ2) is 8.29. The van der Waals surface area contributed by atoms with Gasteiger partial charge in [0.2, 0.25) is 5.91 Å². The molecule has 1 saturated carbocycles. The zero-order valence-electron chi connectivity index (χ0n) is 14.2. The Morgan fingerprint density at radius 2 is 1.85 bits per heavy atom. The maximum atomic E-state index is 12.9. The lowest BCUT2D eigenvalue weighted by atomic mass is 10.0. The number of non-ortho nitro benzene ring substituents is 1. The fourth-order valence-corrected chi connectivity index (χ4v) is 3.44. The molecule has 1 aliphatic carbocycles. The van der Waals surface area contributed by atoms with Gasteiger partial charge in [-0.1, -0.05) is 54.8 Å². The fourth-order valence-electron chi connectivity index (χ4n) is 3.22. The Kier molecular flexibility index (Phi) is 5.85. The number of carbonyl (C=O) groups is 1. The van der Waals surface area contributed by atoms with E-state index in [1.165, 1.54) is 18.2 Å². The summed E-state index contributed by atoms with van der Waals surface area (Å²) in [6, 6.07) is 13.3. The summed E-state index contributed by atoms with van der Waals surface area (Å²) in [5.41, 5.74) is 1.11. The van der Waals surface area contributed by atoms with Gasteiger partial charge in [-0.25, -0.2) is 0 Å². The van der Waals surface area contributed by atoms with Crippen LogP contribution in [0.5, 0.6) is 0 Å². The van der Waals surface area contributed by atoms with Crippen LogP contribution in [-0.2, 0) is 4.79 Å². The maximum absolute atomic E-state index is 12.9. The SMILES string of the molecule is O=C(Nc1ccc([N+](=O)[O-])cc1Cl)[C@H](NC1CCCC1)c1ccccc1. The van der Waals surface area contributed by atoms with Crippen molar-refractivity contribution in [2.45, 2.75) is 37.8 Å². The van der Waals surface area contributed by atoms with Gasteiger partial charge >= 0.3 is 0 Å². The summed E-state index contributed by atoms with van der Waals surface area (Å²) in [4.78, 5) is 23.2. The number of rotatable bonds is 6. The number of hydrogen-bond acceptors (Lipinski definition) is 4. The third-order valence-corrected chi connectivity index (χ3v) is 4.89. The second-order valence-corrected chi connectivity index (χ2v) is 6.81. The van der Waals surface area contributed by atoms with E-state index < -0.39 is 11.0 Å². The molecule has 6 nitrogen and oxygen atoms in total. The zero-order chi connectivity index (χ0) is 18.5. The summed E-state index contributed by atoms with van der Waals surface area (Å²) in [6.45, 7) is 0. The van der Waals surface area contributed by atoms with E-state index in [0.29, 0.717) is 11.7 Å². The molecule has 26 heavy (non-hydrogen) atoms. The summed E-state index contributed by atoms with van der Waals surface area (Å²) >= 11 is 6.10. The van der Waals surface area contributed by atoms with Gasteiger partial charge in [-0.3, -0.25) is 20.2 Å². The Labute approximate surface area is 156 Å². The summed E-state index contributed by atoms with van der Waals surface area (Å²) in [7, 11) is 0. The molecule has 3 rings (SSSR count). The largest absolute Gasteiger partial charge is 0.323 e. The molecule has 1 aliphatic rings. The Morgan fingerprint density at radius 1 is 1.15 bits per heavy atom. The average Bonchev–Trinajstić information content (AvgIpc) is 3.15. The number of benzene rings is 2. The number of carbonyl (C=O) groups excluding carboxylic acids is 1. The van der Waals surface area contributed by atoms with Gasteiger partial charge in [0.15, 0.2) is 0 Å². The topological polar surface area (TPSA) is 84.3 Å². The van der Waals surface area contributed by atoms with Crippen molar-refractivity contribution in [3.8, 4) is 0 Å². The predicted octanol–water partition coefficient (Wildman–Crippen LogP) is 4.46. The van der Waals surface area contributed by atoms with Crippen LogP contribution < -0.4 is 10.6 Å². The van der Waals surface area contributed by atoms with Crippen LogP contribution in [0.15, 0.2) is 48.5 Å². The normalized spacial score (nSPS) is 15.6. The first-order valence-corrected chi connectivity index (χ1v) is 8.98. The van der Waals surface area contributed by atoms with Crippen LogP contribution in [0.25, 0.3) is 0 Å². The first-order valence-electron chi connectivity index (χ1n) is 8.60. The Morgan fingerprint density at radius 3 is 2.46 bits per heavy atom. The molecular weight excluding hydrogens is 354 g/mol. The minimum absolute atomic E-state index is 0.114. The molecule has 1 amide bonds. The molecule has 0 aliphatic heterocycles. The van der Waals surface area contributed by atoms with Crippen LogP contribution in [0.3, 0.4) is 0 Å². The molecule has 1 atom stereocenters. The number of anilines is 1. The summed E-state index contributed by atoms with van der Waals surface area (Å²) < 4.78 is 0. The molecular formula is C19H20ClN3O3. The molecule has 0 radical (unpaired) electrons. The zero-order valence-corrected chi connectivity index (χ0v) is 14.9. The van der Waals surface area contributed by atoms with Gasteiger partial charge in [-0.15, -0.1) is 0 Å². The van der Waals surface area contributed by atoms with Crippen molar-refractivity contribution < 1.29 is 9.72 Å². The predicted molar refractivity (Wildman–Crippen MR) is 101 cm³/mol. The van der Waals surface area contributed by atoms with Gasteiger partial charge in [-0.2, -0.15) is 0 Å². The first-order chi connectivity index (χ1) is 12.5. The van der Waals surface area contributed by atoms with Crippen LogP contribution in [0.4, 0.5) is 11.4 Å². The maximum Gasteiger partial charge on any atom is 0.271 e. The summed E-state index contributed by atoms with van der Waals surface area (Å²) in [6.07, 6.45) is 4.42. The van der Waals surface area contributed by atoms with Crippen molar-refractivity contribution in [3.63, 3.8) is 0 Å². The number of nitrogens with one attached hydrogen (secondary N) is 2. The lowest BCUT2D eigenvalue weighted by Gasteiger charge is -2.23. The minimum Gasteiger partial charge on any atom is -0.323 e. The van der Waals surface area contributed by atoms with Gasteiger partial charge in [0.05, 0.1) is 15.6 Å². The Bertz CT molecular complexity index is 792. The van der Waals surface area contributed by atoms with Crippen LogP contribution >= 0.6 is 11.6 Å². The number of halogens is 1.